The fourth-order valence-electron chi connectivity index (χ4n) is 1.94. The van der Waals surface area contributed by atoms with Crippen LogP contribution in [0.25, 0.3) is 21.8 Å². The Morgan fingerprint density at radius 3 is 2.84 bits per heavy atom. The number of benzene rings is 1. The van der Waals surface area contributed by atoms with E-state index in [1.54, 1.807) is 30.4 Å². The van der Waals surface area contributed by atoms with E-state index in [0.717, 1.165) is 16.0 Å². The SMILES string of the molecule is Cc1cc(-c2onc(N)c2-c2cccs2)ccc1F. The third-order valence-corrected chi connectivity index (χ3v) is 3.79. The van der Waals surface area contributed by atoms with Gasteiger partial charge in [0, 0.05) is 10.4 Å². The zero-order valence-electron chi connectivity index (χ0n) is 10.2. The number of hydrogen-bond acceptors (Lipinski definition) is 4. The molecule has 96 valence electrons. The van der Waals surface area contributed by atoms with E-state index < -0.39 is 0 Å². The number of nitrogen functional groups attached to an aromatic ring is 1. The minimum absolute atomic E-state index is 0.242. The Hall–Kier alpha value is -2.14. The van der Waals surface area contributed by atoms with Gasteiger partial charge in [0.2, 0.25) is 0 Å². The fourth-order valence-corrected chi connectivity index (χ4v) is 2.72. The van der Waals surface area contributed by atoms with Crippen molar-refractivity contribution < 1.29 is 8.91 Å². The van der Waals surface area contributed by atoms with E-state index in [-0.39, 0.29) is 5.82 Å². The van der Waals surface area contributed by atoms with Gasteiger partial charge in [-0.15, -0.1) is 11.3 Å². The van der Waals surface area contributed by atoms with Crippen LogP contribution < -0.4 is 5.73 Å². The maximum absolute atomic E-state index is 13.3. The molecule has 3 rings (SSSR count). The maximum atomic E-state index is 13.3. The lowest BCUT2D eigenvalue weighted by molar-refractivity contribution is 0.436. The molecular weight excluding hydrogens is 263 g/mol. The predicted octanol–water partition coefficient (Wildman–Crippen LogP) is 4.10. The zero-order chi connectivity index (χ0) is 13.4. The van der Waals surface area contributed by atoms with Gasteiger partial charge in [-0.05, 0) is 42.1 Å². The standard InChI is InChI=1S/C14H11FN2OS/c1-8-7-9(4-5-10(8)15)13-12(14(16)17-18-13)11-3-2-6-19-11/h2-7H,1H3,(H2,16,17). The van der Waals surface area contributed by atoms with Crippen molar-refractivity contribution in [2.24, 2.45) is 0 Å². The van der Waals surface area contributed by atoms with Gasteiger partial charge in [-0.3, -0.25) is 0 Å². The van der Waals surface area contributed by atoms with E-state index in [4.69, 9.17) is 10.3 Å². The molecule has 0 aliphatic carbocycles. The van der Waals surface area contributed by atoms with Crippen LogP contribution in [0.2, 0.25) is 0 Å². The van der Waals surface area contributed by atoms with E-state index in [9.17, 15) is 4.39 Å². The van der Waals surface area contributed by atoms with Gasteiger partial charge in [-0.2, -0.15) is 0 Å². The molecule has 0 saturated carbocycles. The van der Waals surface area contributed by atoms with Gasteiger partial charge in [0.25, 0.3) is 0 Å². The summed E-state index contributed by atoms with van der Waals surface area (Å²) >= 11 is 1.56. The molecule has 2 heterocycles. The van der Waals surface area contributed by atoms with Crippen LogP contribution in [0.5, 0.6) is 0 Å². The Morgan fingerprint density at radius 2 is 2.16 bits per heavy atom. The molecule has 0 aliphatic heterocycles. The fraction of sp³-hybridized carbons (Fsp3) is 0.0714. The molecule has 5 heteroatoms. The Labute approximate surface area is 113 Å². The molecule has 1 aromatic carbocycles. The van der Waals surface area contributed by atoms with Crippen molar-refractivity contribution in [2.45, 2.75) is 6.92 Å². The summed E-state index contributed by atoms with van der Waals surface area (Å²) in [7, 11) is 0. The van der Waals surface area contributed by atoms with Crippen LogP contribution in [0.3, 0.4) is 0 Å². The maximum Gasteiger partial charge on any atom is 0.177 e. The first-order valence-electron chi connectivity index (χ1n) is 5.72. The van der Waals surface area contributed by atoms with E-state index in [1.807, 2.05) is 17.5 Å². The van der Waals surface area contributed by atoms with Gasteiger partial charge >= 0.3 is 0 Å². The third kappa shape index (κ3) is 2.02. The Morgan fingerprint density at radius 1 is 1.32 bits per heavy atom. The van der Waals surface area contributed by atoms with Crippen LogP contribution in [-0.2, 0) is 0 Å². The average Bonchev–Trinajstić information content (AvgIpc) is 3.01. The first-order chi connectivity index (χ1) is 9.16. The summed E-state index contributed by atoms with van der Waals surface area (Å²) in [6.45, 7) is 1.71. The first-order valence-corrected chi connectivity index (χ1v) is 6.60. The molecule has 19 heavy (non-hydrogen) atoms. The highest BCUT2D eigenvalue weighted by atomic mass is 32.1. The highest BCUT2D eigenvalue weighted by molar-refractivity contribution is 7.13. The van der Waals surface area contributed by atoms with E-state index in [2.05, 4.69) is 5.16 Å². The molecule has 0 aliphatic rings. The number of aryl methyl sites for hydroxylation is 1. The molecule has 0 fully saturated rings. The topological polar surface area (TPSA) is 52.0 Å². The summed E-state index contributed by atoms with van der Waals surface area (Å²) in [6.07, 6.45) is 0. The van der Waals surface area contributed by atoms with Crippen LogP contribution in [-0.4, -0.2) is 5.16 Å². The number of rotatable bonds is 2. The third-order valence-electron chi connectivity index (χ3n) is 2.91. The van der Waals surface area contributed by atoms with Gasteiger partial charge in [-0.1, -0.05) is 11.2 Å². The Balaban J connectivity index is 2.18. The monoisotopic (exact) mass is 274 g/mol. The minimum atomic E-state index is -0.242. The second-order valence-electron chi connectivity index (χ2n) is 4.21. The predicted molar refractivity (Wildman–Crippen MR) is 74.4 cm³/mol. The van der Waals surface area contributed by atoms with Crippen molar-refractivity contribution in [3.05, 3.63) is 47.1 Å². The highest BCUT2D eigenvalue weighted by Gasteiger charge is 2.18. The van der Waals surface area contributed by atoms with E-state index in [1.165, 1.54) is 6.07 Å². The normalized spacial score (nSPS) is 10.8. The molecule has 0 saturated heterocycles. The molecule has 3 nitrogen and oxygen atoms in total. The Bertz CT molecular complexity index is 719. The summed E-state index contributed by atoms with van der Waals surface area (Å²) in [5.41, 5.74) is 7.96. The van der Waals surface area contributed by atoms with E-state index in [0.29, 0.717) is 17.1 Å². The van der Waals surface area contributed by atoms with Gasteiger partial charge in [-0.25, -0.2) is 4.39 Å². The number of nitrogens with zero attached hydrogens (tertiary/aromatic N) is 1. The summed E-state index contributed by atoms with van der Waals surface area (Å²) in [6, 6.07) is 8.70. The molecule has 0 spiro atoms. The lowest BCUT2D eigenvalue weighted by Crippen LogP contribution is -1.88. The number of aromatic nitrogens is 1. The average molecular weight is 274 g/mol. The van der Waals surface area contributed by atoms with Crippen molar-refractivity contribution in [3.8, 4) is 21.8 Å². The molecule has 0 unspecified atom stereocenters. The second-order valence-corrected chi connectivity index (χ2v) is 5.16. The van der Waals surface area contributed by atoms with Crippen LogP contribution >= 0.6 is 11.3 Å². The number of halogens is 1. The molecular formula is C14H11FN2OS. The van der Waals surface area contributed by atoms with Crippen LogP contribution in [0.4, 0.5) is 10.2 Å². The summed E-state index contributed by atoms with van der Waals surface area (Å²) in [4.78, 5) is 0.982. The lowest BCUT2D eigenvalue weighted by atomic mass is 10.0. The van der Waals surface area contributed by atoms with Crippen LogP contribution in [0.15, 0.2) is 40.2 Å². The van der Waals surface area contributed by atoms with Crippen LogP contribution in [0, 0.1) is 12.7 Å². The van der Waals surface area contributed by atoms with Gasteiger partial charge in [0.05, 0.1) is 5.56 Å². The quantitative estimate of drug-likeness (QED) is 0.765. The van der Waals surface area contributed by atoms with Crippen molar-refractivity contribution in [2.75, 3.05) is 5.73 Å². The zero-order valence-corrected chi connectivity index (χ0v) is 11.0. The van der Waals surface area contributed by atoms with Crippen LogP contribution in [0.1, 0.15) is 5.56 Å². The highest BCUT2D eigenvalue weighted by Crippen LogP contribution is 2.39. The minimum Gasteiger partial charge on any atom is -0.380 e. The summed E-state index contributed by atoms with van der Waals surface area (Å²) in [5, 5.41) is 5.78. The number of thiophene rings is 1. The van der Waals surface area contributed by atoms with Gasteiger partial charge in [0.1, 0.15) is 5.82 Å². The second kappa shape index (κ2) is 4.51. The number of anilines is 1. The molecule has 3 aromatic rings. The summed E-state index contributed by atoms with van der Waals surface area (Å²) < 4.78 is 18.6. The molecule has 0 amide bonds. The molecule has 0 radical (unpaired) electrons. The smallest absolute Gasteiger partial charge is 0.177 e. The van der Waals surface area contributed by atoms with Crippen molar-refractivity contribution in [3.63, 3.8) is 0 Å². The first kappa shape index (κ1) is 11.9. The molecule has 0 atom stereocenters. The Kier molecular flexibility index (Phi) is 2.83. The molecule has 0 bridgehead atoms. The van der Waals surface area contributed by atoms with Crippen molar-refractivity contribution >= 4 is 17.2 Å². The number of nitrogens with two attached hydrogens (primary N) is 1. The largest absolute Gasteiger partial charge is 0.380 e. The number of hydrogen-bond donors (Lipinski definition) is 1. The molecule has 2 aromatic heterocycles. The van der Waals surface area contributed by atoms with Gasteiger partial charge < -0.3 is 10.3 Å². The lowest BCUT2D eigenvalue weighted by Gasteiger charge is -2.02. The van der Waals surface area contributed by atoms with Crippen molar-refractivity contribution in [1.29, 1.82) is 0 Å². The summed E-state index contributed by atoms with van der Waals surface area (Å²) in [5.74, 6) is 0.677. The van der Waals surface area contributed by atoms with Crippen molar-refractivity contribution in [1.82, 2.24) is 5.16 Å². The van der Waals surface area contributed by atoms with E-state index >= 15 is 0 Å². The van der Waals surface area contributed by atoms with Gasteiger partial charge in [0.15, 0.2) is 11.6 Å². The molecule has 2 N–H and O–H groups in total.